The first kappa shape index (κ1) is 9.53. The maximum atomic E-state index is 8.36. The number of hydrogen-bond donors (Lipinski definition) is 0. The fourth-order valence-electron chi connectivity index (χ4n) is 1.17. The third-order valence-electron chi connectivity index (χ3n) is 1.77. The van der Waals surface area contributed by atoms with Crippen LogP contribution in [0.15, 0.2) is 12.3 Å². The Morgan fingerprint density at radius 1 is 1.69 bits per heavy atom. The van der Waals surface area contributed by atoms with Crippen molar-refractivity contribution in [2.45, 2.75) is 26.8 Å². The van der Waals surface area contributed by atoms with Crippen molar-refractivity contribution in [1.29, 1.82) is 5.26 Å². The van der Waals surface area contributed by atoms with E-state index in [1.165, 1.54) is 6.08 Å². The molecule has 0 radical (unpaired) electrons. The topological polar surface area (TPSA) is 41.6 Å². The average molecular weight is 175 g/mol. The predicted molar refractivity (Wildman–Crippen MR) is 51.9 cm³/mol. The van der Waals surface area contributed by atoms with Crippen LogP contribution in [0.25, 0.3) is 6.08 Å². The normalized spacial score (nSPS) is 10.5. The van der Waals surface area contributed by atoms with Gasteiger partial charge in [-0.05, 0) is 19.4 Å². The summed E-state index contributed by atoms with van der Waals surface area (Å²) in [5.41, 5.74) is 2.00. The Labute approximate surface area is 78.3 Å². The summed E-state index contributed by atoms with van der Waals surface area (Å²) in [4.78, 5) is 0. The first-order valence-corrected chi connectivity index (χ1v) is 4.38. The number of aryl methyl sites for hydroxylation is 2. The van der Waals surface area contributed by atoms with Crippen molar-refractivity contribution in [3.8, 4) is 6.07 Å². The monoisotopic (exact) mass is 175 g/mol. The molecule has 0 aromatic carbocycles. The number of hydrogen-bond acceptors (Lipinski definition) is 2. The zero-order valence-corrected chi connectivity index (χ0v) is 7.99. The van der Waals surface area contributed by atoms with Crippen LogP contribution in [0.3, 0.4) is 0 Å². The van der Waals surface area contributed by atoms with Crippen molar-refractivity contribution in [3.05, 3.63) is 23.5 Å². The van der Waals surface area contributed by atoms with Gasteiger partial charge in [0.2, 0.25) is 0 Å². The molecule has 1 aromatic heterocycles. The highest BCUT2D eigenvalue weighted by molar-refractivity contribution is 5.52. The lowest BCUT2D eigenvalue weighted by atomic mass is 10.2. The summed E-state index contributed by atoms with van der Waals surface area (Å²) < 4.78 is 1.91. The molecule has 3 nitrogen and oxygen atoms in total. The smallest absolute Gasteiger partial charge is 0.0912 e. The molecule has 13 heavy (non-hydrogen) atoms. The van der Waals surface area contributed by atoms with E-state index in [-0.39, 0.29) is 0 Å². The van der Waals surface area contributed by atoms with Crippen LogP contribution in [0.5, 0.6) is 0 Å². The van der Waals surface area contributed by atoms with Gasteiger partial charge in [0.15, 0.2) is 0 Å². The first-order chi connectivity index (χ1) is 6.27. The van der Waals surface area contributed by atoms with E-state index >= 15 is 0 Å². The fraction of sp³-hybridized carbons (Fsp3) is 0.400. The van der Waals surface area contributed by atoms with Gasteiger partial charge in [-0.1, -0.05) is 6.92 Å². The highest BCUT2D eigenvalue weighted by Gasteiger charge is 1.99. The third kappa shape index (κ3) is 2.45. The molecule has 0 N–H and O–H groups in total. The van der Waals surface area contributed by atoms with Gasteiger partial charge in [-0.25, -0.2) is 0 Å². The van der Waals surface area contributed by atoms with Crippen molar-refractivity contribution < 1.29 is 0 Å². The molecule has 1 aromatic rings. The quantitative estimate of drug-likeness (QED) is 0.660. The van der Waals surface area contributed by atoms with E-state index in [2.05, 4.69) is 12.0 Å². The molecule has 0 aliphatic rings. The van der Waals surface area contributed by atoms with Crippen LogP contribution in [-0.4, -0.2) is 9.78 Å². The second-order valence-electron chi connectivity index (χ2n) is 2.90. The van der Waals surface area contributed by atoms with Crippen molar-refractivity contribution in [2.75, 3.05) is 0 Å². The van der Waals surface area contributed by atoms with Crippen LogP contribution in [0.1, 0.15) is 24.6 Å². The second kappa shape index (κ2) is 4.46. The molecule has 0 fully saturated rings. The highest BCUT2D eigenvalue weighted by atomic mass is 15.3. The Hall–Kier alpha value is -1.56. The minimum absolute atomic E-state index is 0.932. The molecule has 1 heterocycles. The second-order valence-corrected chi connectivity index (χ2v) is 2.90. The largest absolute Gasteiger partial charge is 0.272 e. The van der Waals surface area contributed by atoms with Crippen LogP contribution >= 0.6 is 0 Å². The molecular formula is C10H13N3. The van der Waals surface area contributed by atoms with Gasteiger partial charge in [0.05, 0.1) is 11.8 Å². The molecule has 0 aliphatic carbocycles. The lowest BCUT2D eigenvalue weighted by molar-refractivity contribution is 0.598. The Bertz CT molecular complexity index is 342. The SMILES string of the molecule is CCCn1cc(C=CC#N)c(C)n1. The average Bonchev–Trinajstić information content (AvgIpc) is 2.44. The summed E-state index contributed by atoms with van der Waals surface area (Å²) in [5, 5.41) is 12.7. The summed E-state index contributed by atoms with van der Waals surface area (Å²) in [5.74, 6) is 0. The Morgan fingerprint density at radius 2 is 2.46 bits per heavy atom. The molecule has 0 saturated heterocycles. The maximum absolute atomic E-state index is 8.36. The lowest BCUT2D eigenvalue weighted by Crippen LogP contribution is -1.96. The number of allylic oxidation sites excluding steroid dienone is 1. The van der Waals surface area contributed by atoms with Crippen molar-refractivity contribution in [1.82, 2.24) is 9.78 Å². The highest BCUT2D eigenvalue weighted by Crippen LogP contribution is 2.07. The first-order valence-electron chi connectivity index (χ1n) is 4.38. The van der Waals surface area contributed by atoms with Crippen LogP contribution in [0.2, 0.25) is 0 Å². The van der Waals surface area contributed by atoms with E-state index < -0.39 is 0 Å². The van der Waals surface area contributed by atoms with Gasteiger partial charge in [-0.15, -0.1) is 0 Å². The minimum atomic E-state index is 0.932. The van der Waals surface area contributed by atoms with Gasteiger partial charge in [0.1, 0.15) is 0 Å². The molecule has 0 bridgehead atoms. The third-order valence-corrected chi connectivity index (χ3v) is 1.77. The summed E-state index contributed by atoms with van der Waals surface area (Å²) >= 11 is 0. The van der Waals surface area contributed by atoms with E-state index in [9.17, 15) is 0 Å². The molecule has 0 amide bonds. The van der Waals surface area contributed by atoms with Crippen LogP contribution < -0.4 is 0 Å². The number of rotatable bonds is 3. The van der Waals surface area contributed by atoms with Crippen molar-refractivity contribution in [2.24, 2.45) is 0 Å². The zero-order chi connectivity index (χ0) is 9.68. The van der Waals surface area contributed by atoms with Gasteiger partial charge in [0, 0.05) is 24.4 Å². The molecular weight excluding hydrogens is 162 g/mol. The molecule has 1 rings (SSSR count). The Kier molecular flexibility index (Phi) is 3.27. The fourth-order valence-corrected chi connectivity index (χ4v) is 1.17. The van der Waals surface area contributed by atoms with Gasteiger partial charge >= 0.3 is 0 Å². The summed E-state index contributed by atoms with van der Waals surface area (Å²) in [7, 11) is 0. The minimum Gasteiger partial charge on any atom is -0.272 e. The molecule has 0 atom stereocenters. The van der Waals surface area contributed by atoms with Crippen molar-refractivity contribution >= 4 is 6.08 Å². The zero-order valence-electron chi connectivity index (χ0n) is 7.99. The summed E-state index contributed by atoms with van der Waals surface area (Å²) in [6.07, 6.45) is 6.30. The molecule has 0 unspecified atom stereocenters. The lowest BCUT2D eigenvalue weighted by Gasteiger charge is -1.93. The van der Waals surface area contributed by atoms with E-state index in [1.807, 2.05) is 23.9 Å². The number of aromatic nitrogens is 2. The van der Waals surface area contributed by atoms with E-state index in [4.69, 9.17) is 5.26 Å². The maximum Gasteiger partial charge on any atom is 0.0912 e. The predicted octanol–water partition coefficient (Wildman–Crippen LogP) is 2.14. The molecule has 3 heteroatoms. The van der Waals surface area contributed by atoms with Gasteiger partial charge in [-0.3, -0.25) is 4.68 Å². The Balaban J connectivity index is 2.84. The summed E-state index contributed by atoms with van der Waals surface area (Å²) in [6, 6.07) is 1.97. The standard InChI is InChI=1S/C10H13N3/c1-3-7-13-8-10(5-4-6-11)9(2)12-13/h4-5,8H,3,7H2,1-2H3. The summed E-state index contributed by atoms with van der Waals surface area (Å²) in [6.45, 7) is 4.99. The number of nitrogens with zero attached hydrogens (tertiary/aromatic N) is 3. The van der Waals surface area contributed by atoms with E-state index in [0.29, 0.717) is 0 Å². The number of nitriles is 1. The van der Waals surface area contributed by atoms with Crippen LogP contribution in [0.4, 0.5) is 0 Å². The Morgan fingerprint density at radius 3 is 3.08 bits per heavy atom. The van der Waals surface area contributed by atoms with Crippen molar-refractivity contribution in [3.63, 3.8) is 0 Å². The van der Waals surface area contributed by atoms with Crippen LogP contribution in [0, 0.1) is 18.3 Å². The van der Waals surface area contributed by atoms with Gasteiger partial charge in [-0.2, -0.15) is 10.4 Å². The molecule has 0 aliphatic heterocycles. The molecule has 0 spiro atoms. The van der Waals surface area contributed by atoms with E-state index in [1.54, 1.807) is 6.08 Å². The molecule has 68 valence electrons. The van der Waals surface area contributed by atoms with Gasteiger partial charge < -0.3 is 0 Å². The van der Waals surface area contributed by atoms with Crippen LogP contribution in [-0.2, 0) is 6.54 Å². The molecule has 0 saturated carbocycles. The van der Waals surface area contributed by atoms with E-state index in [0.717, 1.165) is 24.2 Å². The van der Waals surface area contributed by atoms with Gasteiger partial charge in [0.25, 0.3) is 0 Å².